The van der Waals surface area contributed by atoms with Crippen molar-refractivity contribution in [1.82, 2.24) is 24.3 Å². The van der Waals surface area contributed by atoms with Crippen molar-refractivity contribution >= 4 is 22.1 Å². The van der Waals surface area contributed by atoms with E-state index in [-0.39, 0.29) is 0 Å². The summed E-state index contributed by atoms with van der Waals surface area (Å²) in [6, 6.07) is 10.4. The maximum absolute atomic E-state index is 5.07. The van der Waals surface area contributed by atoms with E-state index in [0.29, 0.717) is 0 Å². The lowest BCUT2D eigenvalue weighted by Gasteiger charge is -2.36. The number of hydrogen-bond donors (Lipinski definition) is 0. The maximum Gasteiger partial charge on any atom is 0.194 e. The molecule has 6 nitrogen and oxygen atoms in total. The number of thiazole rings is 1. The molecule has 4 aromatic rings. The number of aryl methyl sites for hydroxylation is 2. The van der Waals surface area contributed by atoms with E-state index in [2.05, 4.69) is 57.0 Å². The van der Waals surface area contributed by atoms with Gasteiger partial charge in [-0.3, -0.25) is 9.30 Å². The van der Waals surface area contributed by atoms with Gasteiger partial charge in [-0.25, -0.2) is 15.0 Å². The summed E-state index contributed by atoms with van der Waals surface area (Å²) in [7, 11) is 0. The first-order valence-electron chi connectivity index (χ1n) is 11.1. The topological polar surface area (TPSA) is 49.6 Å². The summed E-state index contributed by atoms with van der Waals surface area (Å²) in [6.07, 6.45) is 5.50. The molecule has 1 aromatic carbocycles. The first-order valence-corrected chi connectivity index (χ1v) is 12.0. The highest BCUT2D eigenvalue weighted by Gasteiger charge is 2.26. The van der Waals surface area contributed by atoms with Crippen LogP contribution in [0.2, 0.25) is 0 Å². The Hall–Kier alpha value is -2.77. The van der Waals surface area contributed by atoms with Crippen LogP contribution in [-0.4, -0.2) is 50.4 Å². The number of nitrogens with zero attached hydrogens (tertiary/aromatic N) is 6. The van der Waals surface area contributed by atoms with E-state index in [9.17, 15) is 0 Å². The van der Waals surface area contributed by atoms with Crippen LogP contribution < -0.4 is 4.90 Å². The highest BCUT2D eigenvalue weighted by atomic mass is 32.1. The van der Waals surface area contributed by atoms with Crippen LogP contribution in [-0.2, 0) is 19.4 Å². The van der Waals surface area contributed by atoms with E-state index in [1.54, 1.807) is 11.3 Å². The van der Waals surface area contributed by atoms with Crippen molar-refractivity contribution < 1.29 is 0 Å². The van der Waals surface area contributed by atoms with Gasteiger partial charge in [-0.05, 0) is 26.2 Å². The molecule has 0 spiro atoms. The third kappa shape index (κ3) is 3.42. The largest absolute Gasteiger partial charge is 0.354 e. The Kier molecular flexibility index (Phi) is 4.73. The molecule has 1 aliphatic carbocycles. The van der Waals surface area contributed by atoms with Gasteiger partial charge in [0, 0.05) is 61.1 Å². The summed E-state index contributed by atoms with van der Waals surface area (Å²) in [5, 5.41) is 2.11. The lowest BCUT2D eigenvalue weighted by Crippen LogP contribution is -2.46. The molecule has 0 radical (unpaired) electrons. The van der Waals surface area contributed by atoms with E-state index in [1.807, 2.05) is 6.07 Å². The fourth-order valence-corrected chi connectivity index (χ4v) is 5.63. The van der Waals surface area contributed by atoms with Crippen LogP contribution in [0.4, 0.5) is 5.82 Å². The number of anilines is 1. The van der Waals surface area contributed by atoms with Crippen molar-refractivity contribution in [2.75, 3.05) is 31.1 Å². The number of aromatic nitrogens is 4. The Morgan fingerprint density at radius 3 is 2.65 bits per heavy atom. The summed E-state index contributed by atoms with van der Waals surface area (Å²) >= 11 is 1.70. The van der Waals surface area contributed by atoms with E-state index >= 15 is 0 Å². The number of piperazine rings is 1. The monoisotopic (exact) mass is 430 g/mol. The summed E-state index contributed by atoms with van der Waals surface area (Å²) < 4.78 is 2.25. The Morgan fingerprint density at radius 2 is 1.81 bits per heavy atom. The summed E-state index contributed by atoms with van der Waals surface area (Å²) in [5.41, 5.74) is 6.20. The van der Waals surface area contributed by atoms with Gasteiger partial charge in [-0.1, -0.05) is 30.3 Å². The Balaban J connectivity index is 1.23. The molecule has 0 saturated carbocycles. The van der Waals surface area contributed by atoms with Gasteiger partial charge < -0.3 is 4.90 Å². The van der Waals surface area contributed by atoms with Gasteiger partial charge in [0.1, 0.15) is 5.82 Å². The molecule has 7 heteroatoms. The van der Waals surface area contributed by atoms with Gasteiger partial charge in [-0.15, -0.1) is 11.3 Å². The standard InChI is InChI=1S/C24H26N6S/c1-17-21(30-14-15-31-24(30)25-17)16-28-10-12-29(13-11-28)23-19-8-5-9-20(19)26-22(27-23)18-6-3-2-4-7-18/h2-4,6-7,14-15H,5,8-13,16H2,1H3. The molecule has 4 heterocycles. The Bertz CT molecular complexity index is 1220. The molecule has 2 aliphatic rings. The SMILES string of the molecule is Cc1nc2sccn2c1CN1CCN(c2nc(-c3ccccc3)nc3c2CCC3)CC1. The number of fused-ring (bicyclic) bond motifs is 2. The third-order valence-electron chi connectivity index (χ3n) is 6.55. The molecule has 1 fully saturated rings. The predicted molar refractivity (Wildman–Crippen MR) is 125 cm³/mol. The average Bonchev–Trinajstić information content (AvgIpc) is 3.52. The van der Waals surface area contributed by atoms with E-state index in [0.717, 1.165) is 67.6 Å². The number of benzene rings is 1. The van der Waals surface area contributed by atoms with Crippen molar-refractivity contribution in [2.45, 2.75) is 32.7 Å². The van der Waals surface area contributed by atoms with Crippen molar-refractivity contribution in [3.8, 4) is 11.4 Å². The van der Waals surface area contributed by atoms with Gasteiger partial charge in [0.05, 0.1) is 11.4 Å². The summed E-state index contributed by atoms with van der Waals surface area (Å²) in [4.78, 5) is 20.8. The second-order valence-electron chi connectivity index (χ2n) is 8.48. The fraction of sp³-hybridized carbons (Fsp3) is 0.375. The van der Waals surface area contributed by atoms with Gasteiger partial charge in [0.2, 0.25) is 0 Å². The van der Waals surface area contributed by atoms with Crippen LogP contribution in [0.3, 0.4) is 0 Å². The Labute approximate surface area is 186 Å². The second-order valence-corrected chi connectivity index (χ2v) is 9.35. The molecule has 158 valence electrons. The normalized spacial score (nSPS) is 16.9. The van der Waals surface area contributed by atoms with Crippen LogP contribution in [0, 0.1) is 6.92 Å². The lowest BCUT2D eigenvalue weighted by molar-refractivity contribution is 0.245. The molecule has 31 heavy (non-hydrogen) atoms. The first-order chi connectivity index (χ1) is 15.3. The minimum Gasteiger partial charge on any atom is -0.354 e. The zero-order chi connectivity index (χ0) is 20.8. The molecule has 0 N–H and O–H groups in total. The zero-order valence-corrected chi connectivity index (χ0v) is 18.6. The van der Waals surface area contributed by atoms with Gasteiger partial charge in [-0.2, -0.15) is 0 Å². The van der Waals surface area contributed by atoms with Crippen LogP contribution >= 0.6 is 11.3 Å². The predicted octanol–water partition coefficient (Wildman–Crippen LogP) is 3.97. The van der Waals surface area contributed by atoms with E-state index < -0.39 is 0 Å². The lowest BCUT2D eigenvalue weighted by atomic mass is 10.1. The Morgan fingerprint density at radius 1 is 0.968 bits per heavy atom. The molecule has 3 aromatic heterocycles. The molecule has 1 aliphatic heterocycles. The van der Waals surface area contributed by atoms with Crippen molar-refractivity contribution in [1.29, 1.82) is 0 Å². The fourth-order valence-electron chi connectivity index (χ4n) is 4.85. The summed E-state index contributed by atoms with van der Waals surface area (Å²) in [5.74, 6) is 2.04. The number of hydrogen-bond acceptors (Lipinski definition) is 6. The minimum atomic E-state index is 0.869. The molecule has 0 unspecified atom stereocenters. The van der Waals surface area contributed by atoms with Crippen molar-refractivity contribution in [3.63, 3.8) is 0 Å². The van der Waals surface area contributed by atoms with Crippen LogP contribution in [0.25, 0.3) is 16.3 Å². The number of rotatable bonds is 4. The molecule has 6 rings (SSSR count). The van der Waals surface area contributed by atoms with Crippen LogP contribution in [0.5, 0.6) is 0 Å². The van der Waals surface area contributed by atoms with Gasteiger partial charge >= 0.3 is 0 Å². The molecule has 0 amide bonds. The van der Waals surface area contributed by atoms with Crippen LogP contribution in [0.15, 0.2) is 41.9 Å². The zero-order valence-electron chi connectivity index (χ0n) is 17.8. The quantitative estimate of drug-likeness (QED) is 0.490. The first kappa shape index (κ1) is 19.0. The molecular formula is C24H26N6S. The second kappa shape index (κ2) is 7.73. The smallest absolute Gasteiger partial charge is 0.194 e. The summed E-state index contributed by atoms with van der Waals surface area (Å²) in [6.45, 7) is 7.16. The highest BCUT2D eigenvalue weighted by molar-refractivity contribution is 7.15. The highest BCUT2D eigenvalue weighted by Crippen LogP contribution is 2.32. The molecule has 0 bridgehead atoms. The minimum absolute atomic E-state index is 0.869. The van der Waals surface area contributed by atoms with E-state index in [4.69, 9.17) is 15.0 Å². The maximum atomic E-state index is 5.07. The average molecular weight is 431 g/mol. The van der Waals surface area contributed by atoms with Crippen molar-refractivity contribution in [2.24, 2.45) is 0 Å². The third-order valence-corrected chi connectivity index (χ3v) is 7.31. The van der Waals surface area contributed by atoms with Gasteiger partial charge in [0.25, 0.3) is 0 Å². The molecule has 0 atom stereocenters. The van der Waals surface area contributed by atoms with Gasteiger partial charge in [0.15, 0.2) is 10.8 Å². The van der Waals surface area contributed by atoms with Crippen molar-refractivity contribution in [3.05, 3.63) is 64.6 Å². The van der Waals surface area contributed by atoms with E-state index in [1.165, 1.54) is 29.2 Å². The molecule has 1 saturated heterocycles. The molecular weight excluding hydrogens is 404 g/mol. The van der Waals surface area contributed by atoms with Crippen LogP contribution in [0.1, 0.15) is 29.1 Å². The number of imidazole rings is 1.